The summed E-state index contributed by atoms with van der Waals surface area (Å²) in [4.78, 5) is 2.82. The van der Waals surface area contributed by atoms with E-state index >= 15 is 0 Å². The van der Waals surface area contributed by atoms with Crippen LogP contribution in [0.4, 0.5) is 16.9 Å². The molecule has 0 bridgehead atoms. The first-order valence-electron chi connectivity index (χ1n) is 10.6. The molecule has 5 aromatic carbocycles. The fourth-order valence-electron chi connectivity index (χ4n) is 3.86. The van der Waals surface area contributed by atoms with E-state index < -0.39 is 19.5 Å². The smallest absolute Gasteiger partial charge is 0.0619 e. The van der Waals surface area contributed by atoms with Gasteiger partial charge in [0.25, 0.3) is 0 Å². The van der Waals surface area contributed by atoms with E-state index in [9.17, 15) is 16.9 Å². The second-order valence-corrected chi connectivity index (χ2v) is 15.4. The summed E-state index contributed by atoms with van der Waals surface area (Å²) in [6, 6.07) is 41.8. The van der Waals surface area contributed by atoms with Gasteiger partial charge in [0.05, 0.1) is 10.9 Å². The van der Waals surface area contributed by atoms with Crippen molar-refractivity contribution in [1.82, 2.24) is 0 Å². The zero-order chi connectivity index (χ0) is 25.2. The molecule has 0 aliphatic carbocycles. The Morgan fingerprint density at radius 3 is 1.57 bits per heavy atom. The third kappa shape index (κ3) is 7.68. The third-order valence-corrected chi connectivity index (χ3v) is 7.55. The first kappa shape index (κ1) is 25.5. The van der Waals surface area contributed by atoms with Gasteiger partial charge in [-0.05, 0) is 40.4 Å². The average Bonchev–Trinajstić information content (AvgIpc) is 2.81. The molecule has 0 saturated heterocycles. The second kappa shape index (κ2) is 9.10. The molecule has 0 spiro atoms. The standard InChI is InChI=1S/C27H21S.6FH.Sb/c1-2-15-24(16-3-1)28(27-19-9-13-22-11-5-7-18-26(22)27)20-23-14-8-12-21-10-4-6-17-25(21)23;;;;;;;/h1-19H,20H2;6*1H;/q+1;;;;;;;+5/p-6. The van der Waals surface area contributed by atoms with Crippen molar-refractivity contribution in [2.75, 3.05) is 0 Å². The Morgan fingerprint density at radius 1 is 0.486 bits per heavy atom. The Hall–Kier alpha value is -2.63. The molecule has 0 aliphatic heterocycles. The number of fused-ring (bicyclic) bond motifs is 2. The van der Waals surface area contributed by atoms with E-state index in [-0.39, 0.29) is 10.9 Å². The topological polar surface area (TPSA) is 0 Å². The van der Waals surface area contributed by atoms with Gasteiger partial charge in [-0.15, -0.1) is 0 Å². The number of hydrogen-bond donors (Lipinski definition) is 0. The van der Waals surface area contributed by atoms with Crippen LogP contribution >= 0.6 is 0 Å². The van der Waals surface area contributed by atoms with Crippen molar-refractivity contribution in [2.24, 2.45) is 0 Å². The quantitative estimate of drug-likeness (QED) is 0.108. The van der Waals surface area contributed by atoms with Crippen LogP contribution in [0.1, 0.15) is 5.56 Å². The van der Waals surface area contributed by atoms with E-state index in [0.717, 1.165) is 5.75 Å². The van der Waals surface area contributed by atoms with Crippen LogP contribution in [0.5, 0.6) is 0 Å². The predicted octanol–water partition coefficient (Wildman–Crippen LogP) is 9.37. The summed E-state index contributed by atoms with van der Waals surface area (Å²) in [6.07, 6.45) is 0. The van der Waals surface area contributed by atoms with Gasteiger partial charge in [-0.25, -0.2) is 0 Å². The van der Waals surface area contributed by atoms with Crippen molar-refractivity contribution in [2.45, 2.75) is 15.5 Å². The summed E-state index contributed by atoms with van der Waals surface area (Å²) in [6.45, 7) is 0. The van der Waals surface area contributed by atoms with Gasteiger partial charge in [0.2, 0.25) is 0 Å². The molecule has 5 aromatic rings. The van der Waals surface area contributed by atoms with Gasteiger partial charge in [-0.2, -0.15) is 0 Å². The van der Waals surface area contributed by atoms with E-state index in [1.54, 1.807) is 0 Å². The summed E-state index contributed by atoms with van der Waals surface area (Å²) >= 11 is -11.2. The number of rotatable bonds is 4. The van der Waals surface area contributed by atoms with Gasteiger partial charge in [0.1, 0.15) is 5.75 Å². The first-order chi connectivity index (χ1) is 16.3. The number of hydrogen-bond acceptors (Lipinski definition) is 0. The molecular formula is C27H21F6SSb. The van der Waals surface area contributed by atoms with Gasteiger partial charge >= 0.3 is 36.4 Å². The van der Waals surface area contributed by atoms with Crippen LogP contribution in [-0.2, 0) is 16.6 Å². The fourth-order valence-corrected chi connectivity index (χ4v) is 6.18. The van der Waals surface area contributed by atoms with Gasteiger partial charge in [-0.1, -0.05) is 91.0 Å². The van der Waals surface area contributed by atoms with Crippen LogP contribution in [0.25, 0.3) is 21.5 Å². The molecule has 0 radical (unpaired) electrons. The Morgan fingerprint density at radius 2 is 0.943 bits per heavy atom. The molecule has 182 valence electrons. The van der Waals surface area contributed by atoms with Crippen LogP contribution in [0, 0.1) is 0 Å². The molecule has 0 amide bonds. The molecule has 35 heavy (non-hydrogen) atoms. The van der Waals surface area contributed by atoms with Gasteiger partial charge in [-0.3, -0.25) is 0 Å². The number of benzene rings is 5. The van der Waals surface area contributed by atoms with Crippen LogP contribution in [0.3, 0.4) is 0 Å². The van der Waals surface area contributed by atoms with Crippen molar-refractivity contribution in [3.8, 4) is 0 Å². The van der Waals surface area contributed by atoms with Gasteiger partial charge in [0, 0.05) is 10.9 Å². The van der Waals surface area contributed by atoms with Crippen molar-refractivity contribution >= 4 is 51.9 Å². The molecule has 0 N–H and O–H groups in total. The largest absolute Gasteiger partial charge is 0.168 e. The summed E-state index contributed by atoms with van der Waals surface area (Å²) in [7, 11) is -0.0328. The average molecular weight is 613 g/mol. The Labute approximate surface area is 204 Å². The fraction of sp³-hybridized carbons (Fsp3) is 0.0370. The zero-order valence-corrected chi connectivity index (χ0v) is 21.7. The summed E-state index contributed by atoms with van der Waals surface area (Å²) in [5, 5.41) is 5.34. The Bertz CT molecular complexity index is 1450. The van der Waals surface area contributed by atoms with E-state index in [4.69, 9.17) is 0 Å². The van der Waals surface area contributed by atoms with Crippen molar-refractivity contribution < 1.29 is 16.9 Å². The van der Waals surface area contributed by atoms with E-state index in [1.807, 2.05) is 0 Å². The van der Waals surface area contributed by atoms with Crippen LogP contribution in [-0.4, -0.2) is 19.5 Å². The molecule has 1 atom stereocenters. The minimum absolute atomic E-state index is 0.0328. The minimum atomic E-state index is -11.2. The van der Waals surface area contributed by atoms with Crippen molar-refractivity contribution in [1.29, 1.82) is 0 Å². The van der Waals surface area contributed by atoms with Crippen LogP contribution in [0.2, 0.25) is 0 Å². The molecule has 5 rings (SSSR count). The predicted molar refractivity (Wildman–Crippen MR) is 134 cm³/mol. The molecule has 0 fully saturated rings. The minimum Gasteiger partial charge on any atom is -0.0619 e. The van der Waals surface area contributed by atoms with Gasteiger partial charge < -0.3 is 0 Å². The second-order valence-electron chi connectivity index (χ2n) is 7.92. The Balaban J connectivity index is 0.000000364. The number of halogens is 6. The van der Waals surface area contributed by atoms with E-state index in [2.05, 4.69) is 115 Å². The maximum Gasteiger partial charge on any atom is 0.168 e. The zero-order valence-electron chi connectivity index (χ0n) is 18.3. The third-order valence-electron chi connectivity index (χ3n) is 5.22. The summed E-state index contributed by atoms with van der Waals surface area (Å²) in [5.41, 5.74) is 1.42. The van der Waals surface area contributed by atoms with Gasteiger partial charge in [0.15, 0.2) is 9.79 Å². The Kier molecular flexibility index (Phi) is 6.62. The molecule has 0 saturated carbocycles. The van der Waals surface area contributed by atoms with Crippen LogP contribution in [0.15, 0.2) is 125 Å². The monoisotopic (exact) mass is 612 g/mol. The van der Waals surface area contributed by atoms with Crippen LogP contribution < -0.4 is 0 Å². The molecule has 1 unspecified atom stereocenters. The van der Waals surface area contributed by atoms with E-state index in [1.165, 1.54) is 36.9 Å². The molecule has 0 aliphatic rings. The molecule has 0 heterocycles. The normalized spacial score (nSPS) is 14.5. The van der Waals surface area contributed by atoms with Crippen molar-refractivity contribution in [3.05, 3.63) is 121 Å². The maximum absolute atomic E-state index is 11.2. The maximum atomic E-state index is 9.93. The summed E-state index contributed by atoms with van der Waals surface area (Å²) < 4.78 is 59.6. The SMILES string of the molecule is [F][Sb-]([F])([F])([F])([F])[F].c1ccc([S+](Cc2cccc3ccccc23)c2cccc3ccccc23)cc1. The molecule has 0 aromatic heterocycles. The van der Waals surface area contributed by atoms with E-state index in [0.29, 0.717) is 0 Å². The van der Waals surface area contributed by atoms with Crippen molar-refractivity contribution in [3.63, 3.8) is 0 Å². The molecular weight excluding hydrogens is 592 g/mol. The summed E-state index contributed by atoms with van der Waals surface area (Å²) in [5.74, 6) is 1.01. The first-order valence-corrected chi connectivity index (χ1v) is 17.8. The molecule has 8 heteroatoms. The molecule has 0 nitrogen and oxygen atoms in total.